The number of hydrogen-bond donors (Lipinski definition) is 1. The molecule has 4 heteroatoms. The molecular weight excluding hydrogens is 172 g/mol. The molecule has 1 N–H and O–H groups in total. The second-order valence-corrected chi connectivity index (χ2v) is 3.92. The Morgan fingerprint density at radius 3 is 3.08 bits per heavy atom. The smallest absolute Gasteiger partial charge is 0.0931 e. The molecule has 2 aromatic rings. The average Bonchev–Trinajstić information content (AvgIpc) is 2.49. The van der Waals surface area contributed by atoms with Gasteiger partial charge in [-0.2, -0.15) is 0 Å². The summed E-state index contributed by atoms with van der Waals surface area (Å²) in [6, 6.07) is 5.56. The molecule has 0 fully saturated rings. The van der Waals surface area contributed by atoms with Crippen molar-refractivity contribution < 1.29 is 4.21 Å². The van der Waals surface area contributed by atoms with Crippen molar-refractivity contribution in [2.24, 2.45) is 0 Å². The van der Waals surface area contributed by atoms with Gasteiger partial charge in [0.2, 0.25) is 0 Å². The van der Waals surface area contributed by atoms with Crippen LogP contribution in [0.4, 0.5) is 0 Å². The first kappa shape index (κ1) is 7.49. The number of H-pyrrole nitrogens is 1. The summed E-state index contributed by atoms with van der Waals surface area (Å²) in [5.74, 6) is 0. The number of aromatic nitrogens is 2. The number of fused-ring (bicyclic) bond motifs is 1. The third kappa shape index (κ3) is 1.14. The van der Waals surface area contributed by atoms with Crippen LogP contribution in [0.3, 0.4) is 0 Å². The van der Waals surface area contributed by atoms with Crippen molar-refractivity contribution in [3.63, 3.8) is 0 Å². The Morgan fingerprint density at radius 2 is 2.33 bits per heavy atom. The van der Waals surface area contributed by atoms with Gasteiger partial charge in [-0.3, -0.25) is 4.21 Å². The summed E-state index contributed by atoms with van der Waals surface area (Å²) >= 11 is 0. The highest BCUT2D eigenvalue weighted by Crippen LogP contribution is 2.13. The van der Waals surface area contributed by atoms with Crippen LogP contribution >= 0.6 is 0 Å². The van der Waals surface area contributed by atoms with E-state index in [1.165, 1.54) is 0 Å². The van der Waals surface area contributed by atoms with Crippen molar-refractivity contribution in [3.8, 4) is 0 Å². The van der Waals surface area contributed by atoms with E-state index in [2.05, 4.69) is 9.97 Å². The highest BCUT2D eigenvalue weighted by molar-refractivity contribution is 7.84. The largest absolute Gasteiger partial charge is 0.345 e. The number of benzene rings is 1. The van der Waals surface area contributed by atoms with Crippen LogP contribution < -0.4 is 0 Å². The maximum absolute atomic E-state index is 11.1. The van der Waals surface area contributed by atoms with Crippen LogP contribution in [0, 0.1) is 0 Å². The second kappa shape index (κ2) is 2.71. The van der Waals surface area contributed by atoms with Crippen LogP contribution in [0.1, 0.15) is 0 Å². The van der Waals surface area contributed by atoms with E-state index in [1.807, 2.05) is 18.2 Å². The molecule has 12 heavy (non-hydrogen) atoms. The van der Waals surface area contributed by atoms with Crippen LogP contribution in [0.15, 0.2) is 29.4 Å². The maximum atomic E-state index is 11.1. The highest BCUT2D eigenvalue weighted by atomic mass is 32.2. The lowest BCUT2D eigenvalue weighted by atomic mass is 10.3. The minimum absolute atomic E-state index is 0.826. The number of imidazole rings is 1. The second-order valence-electron chi connectivity index (χ2n) is 2.54. The van der Waals surface area contributed by atoms with Crippen LogP contribution in [0.2, 0.25) is 0 Å². The van der Waals surface area contributed by atoms with Gasteiger partial charge in [0.1, 0.15) is 0 Å². The van der Waals surface area contributed by atoms with Crippen molar-refractivity contribution in [2.75, 3.05) is 6.26 Å². The average molecular weight is 180 g/mol. The summed E-state index contributed by atoms with van der Waals surface area (Å²) in [5, 5.41) is 0. The molecule has 62 valence electrons. The highest BCUT2D eigenvalue weighted by Gasteiger charge is 1.99. The molecule has 3 nitrogen and oxygen atoms in total. The van der Waals surface area contributed by atoms with Gasteiger partial charge in [0.25, 0.3) is 0 Å². The third-order valence-corrected chi connectivity index (χ3v) is 2.64. The van der Waals surface area contributed by atoms with Gasteiger partial charge in [-0.05, 0) is 18.2 Å². The summed E-state index contributed by atoms with van der Waals surface area (Å²) in [4.78, 5) is 7.86. The fourth-order valence-corrected chi connectivity index (χ4v) is 1.64. The lowest BCUT2D eigenvalue weighted by molar-refractivity contribution is 0.687. The number of nitrogens with one attached hydrogen (secondary N) is 1. The lowest BCUT2D eigenvalue weighted by Gasteiger charge is -1.94. The summed E-state index contributed by atoms with van der Waals surface area (Å²) in [6.07, 6.45) is 3.30. The topological polar surface area (TPSA) is 45.8 Å². The van der Waals surface area contributed by atoms with Gasteiger partial charge in [-0.25, -0.2) is 4.98 Å². The van der Waals surface area contributed by atoms with E-state index in [-0.39, 0.29) is 0 Å². The summed E-state index contributed by atoms with van der Waals surface area (Å²) < 4.78 is 11.1. The van der Waals surface area contributed by atoms with Gasteiger partial charge in [0, 0.05) is 22.0 Å². The van der Waals surface area contributed by atoms with Crippen molar-refractivity contribution >= 4 is 21.8 Å². The van der Waals surface area contributed by atoms with E-state index >= 15 is 0 Å². The Morgan fingerprint density at radius 1 is 1.50 bits per heavy atom. The van der Waals surface area contributed by atoms with Crippen LogP contribution in [-0.2, 0) is 10.8 Å². The summed E-state index contributed by atoms with van der Waals surface area (Å²) in [5.41, 5.74) is 1.84. The first-order valence-electron chi connectivity index (χ1n) is 3.54. The minimum Gasteiger partial charge on any atom is -0.345 e. The molecule has 0 spiro atoms. The molecule has 1 heterocycles. The van der Waals surface area contributed by atoms with Crippen molar-refractivity contribution in [3.05, 3.63) is 24.5 Å². The van der Waals surface area contributed by atoms with Gasteiger partial charge >= 0.3 is 0 Å². The van der Waals surface area contributed by atoms with Gasteiger partial charge in [0.15, 0.2) is 0 Å². The number of rotatable bonds is 1. The first-order valence-corrected chi connectivity index (χ1v) is 5.10. The van der Waals surface area contributed by atoms with Crippen LogP contribution in [-0.4, -0.2) is 20.4 Å². The van der Waals surface area contributed by atoms with Gasteiger partial charge in [0.05, 0.1) is 17.4 Å². The van der Waals surface area contributed by atoms with Crippen molar-refractivity contribution in [2.45, 2.75) is 4.90 Å². The molecule has 0 saturated heterocycles. The standard InChI is InChI=1S/C8H8N2OS/c1-12(11)6-2-3-7-8(4-6)10-5-9-7/h2-5H,1H3,(H,9,10). The van der Waals surface area contributed by atoms with E-state index < -0.39 is 10.8 Å². The molecular formula is C8H8N2OS. The quantitative estimate of drug-likeness (QED) is 0.719. The Hall–Kier alpha value is -1.16. The first-order chi connectivity index (χ1) is 5.77. The molecule has 0 amide bonds. The summed E-state index contributed by atoms with van der Waals surface area (Å²) in [7, 11) is -0.917. The molecule has 1 aromatic heterocycles. The predicted octanol–water partition coefficient (Wildman–Crippen LogP) is 1.30. The zero-order chi connectivity index (χ0) is 8.55. The zero-order valence-corrected chi connectivity index (χ0v) is 7.39. The molecule has 0 aliphatic carbocycles. The normalized spacial score (nSPS) is 13.4. The van der Waals surface area contributed by atoms with Gasteiger partial charge in [-0.1, -0.05) is 0 Å². The Bertz CT molecular complexity index is 435. The maximum Gasteiger partial charge on any atom is 0.0931 e. The zero-order valence-electron chi connectivity index (χ0n) is 6.57. The van der Waals surface area contributed by atoms with Gasteiger partial charge in [-0.15, -0.1) is 0 Å². The van der Waals surface area contributed by atoms with E-state index in [4.69, 9.17) is 0 Å². The lowest BCUT2D eigenvalue weighted by Crippen LogP contribution is -1.85. The summed E-state index contributed by atoms with van der Waals surface area (Å²) in [6.45, 7) is 0. The number of aromatic amines is 1. The molecule has 0 aliphatic rings. The molecule has 0 bridgehead atoms. The molecule has 0 radical (unpaired) electrons. The molecule has 0 aliphatic heterocycles. The van der Waals surface area contributed by atoms with Gasteiger partial charge < -0.3 is 4.98 Å². The van der Waals surface area contributed by atoms with E-state index in [0.717, 1.165) is 15.9 Å². The monoisotopic (exact) mass is 180 g/mol. The van der Waals surface area contributed by atoms with E-state index in [1.54, 1.807) is 12.6 Å². The number of hydrogen-bond acceptors (Lipinski definition) is 2. The van der Waals surface area contributed by atoms with E-state index in [0.29, 0.717) is 0 Å². The SMILES string of the molecule is CS(=O)c1ccc2nc[nH]c2c1. The fourth-order valence-electron chi connectivity index (χ4n) is 1.09. The fraction of sp³-hybridized carbons (Fsp3) is 0.125. The van der Waals surface area contributed by atoms with Crippen molar-refractivity contribution in [1.29, 1.82) is 0 Å². The Balaban J connectivity index is 2.68. The number of nitrogens with zero attached hydrogens (tertiary/aromatic N) is 1. The molecule has 1 unspecified atom stereocenters. The molecule has 2 rings (SSSR count). The van der Waals surface area contributed by atoms with E-state index in [9.17, 15) is 4.21 Å². The molecule has 1 atom stereocenters. The van der Waals surface area contributed by atoms with Crippen molar-refractivity contribution in [1.82, 2.24) is 9.97 Å². The third-order valence-electron chi connectivity index (χ3n) is 1.72. The van der Waals surface area contributed by atoms with Crippen LogP contribution in [0.5, 0.6) is 0 Å². The predicted molar refractivity (Wildman–Crippen MR) is 48.4 cm³/mol. The minimum atomic E-state index is -0.917. The molecule has 0 saturated carbocycles. The molecule has 1 aromatic carbocycles. The Labute approximate surface area is 72.3 Å². The van der Waals surface area contributed by atoms with Crippen LogP contribution in [0.25, 0.3) is 11.0 Å². The Kier molecular flexibility index (Phi) is 1.69.